The van der Waals surface area contributed by atoms with Gasteiger partial charge in [-0.15, -0.1) is 0 Å². The van der Waals surface area contributed by atoms with Gasteiger partial charge in [0.1, 0.15) is 0 Å². The Morgan fingerprint density at radius 1 is 1.64 bits per heavy atom. The predicted molar refractivity (Wildman–Crippen MR) is 44.3 cm³/mol. The number of carbonyl (C=O) groups is 1. The molecule has 0 aliphatic carbocycles. The molecule has 0 spiro atoms. The van der Waals surface area contributed by atoms with E-state index in [1.807, 2.05) is 0 Å². The van der Waals surface area contributed by atoms with E-state index >= 15 is 0 Å². The molecule has 0 radical (unpaired) electrons. The van der Waals surface area contributed by atoms with Crippen LogP contribution >= 0.6 is 0 Å². The fourth-order valence-electron chi connectivity index (χ4n) is 1.20. The average Bonchev–Trinajstić information content (AvgIpc) is 2.47. The normalized spacial score (nSPS) is 10.6. The fourth-order valence-corrected chi connectivity index (χ4v) is 1.20. The highest BCUT2D eigenvalue weighted by Crippen LogP contribution is 2.10. The van der Waals surface area contributed by atoms with Gasteiger partial charge < -0.3 is 10.3 Å². The number of carboxylic acid groups (broad SMARTS) is 1. The molecule has 6 nitrogen and oxygen atoms in total. The molecular weight excluding hydrogens is 188 g/mol. The first kappa shape index (κ1) is 8.49. The lowest BCUT2D eigenvalue weighted by Gasteiger charge is -1.94. The van der Waals surface area contributed by atoms with Crippen LogP contribution in [0.2, 0.25) is 0 Å². The molecule has 2 rings (SSSR count). The Kier molecular flexibility index (Phi) is 1.81. The quantitative estimate of drug-likeness (QED) is 0.684. The highest BCUT2D eigenvalue weighted by Gasteiger charge is 2.10. The summed E-state index contributed by atoms with van der Waals surface area (Å²) in [6.07, 6.45) is -0.124. The summed E-state index contributed by atoms with van der Waals surface area (Å²) in [5.74, 6) is -0.946. The third-order valence-corrected chi connectivity index (χ3v) is 1.81. The van der Waals surface area contributed by atoms with Crippen molar-refractivity contribution in [3.8, 4) is 0 Å². The number of aliphatic carboxylic acids is 1. The summed E-state index contributed by atoms with van der Waals surface area (Å²) < 4.78 is 4.34. The highest BCUT2D eigenvalue weighted by atomic mass is 16.8. The van der Waals surface area contributed by atoms with Crippen LogP contribution in [0.5, 0.6) is 0 Å². The summed E-state index contributed by atoms with van der Waals surface area (Å²) in [6, 6.07) is 4.59. The van der Waals surface area contributed by atoms with E-state index in [1.165, 1.54) is 6.07 Å². The van der Waals surface area contributed by atoms with Crippen LogP contribution in [0, 0.1) is 5.21 Å². The molecule has 0 unspecified atom stereocenters. The van der Waals surface area contributed by atoms with Crippen LogP contribution in [0.25, 0.3) is 11.0 Å². The van der Waals surface area contributed by atoms with Gasteiger partial charge in [0.15, 0.2) is 0 Å². The SMILES string of the molecule is O=C(O)Cc1ccc2no[n+]([O-])c2c1. The van der Waals surface area contributed by atoms with Crippen molar-refractivity contribution in [2.45, 2.75) is 6.42 Å². The van der Waals surface area contributed by atoms with E-state index in [1.54, 1.807) is 12.1 Å². The first-order valence-corrected chi connectivity index (χ1v) is 3.87. The lowest BCUT2D eigenvalue weighted by molar-refractivity contribution is -0.782. The van der Waals surface area contributed by atoms with Crippen molar-refractivity contribution in [1.29, 1.82) is 0 Å². The van der Waals surface area contributed by atoms with Crippen molar-refractivity contribution in [3.05, 3.63) is 29.0 Å². The largest absolute Gasteiger partial charge is 0.481 e. The molecule has 0 saturated carbocycles. The first-order valence-electron chi connectivity index (χ1n) is 3.87. The van der Waals surface area contributed by atoms with Crippen LogP contribution in [0.3, 0.4) is 0 Å². The van der Waals surface area contributed by atoms with Gasteiger partial charge in [-0.2, -0.15) is 0 Å². The molecule has 14 heavy (non-hydrogen) atoms. The van der Waals surface area contributed by atoms with Gasteiger partial charge in [0.25, 0.3) is 0 Å². The lowest BCUT2D eigenvalue weighted by Crippen LogP contribution is -2.22. The number of nitrogens with zero attached hydrogens (tertiary/aromatic N) is 2. The minimum absolute atomic E-state index is 0.124. The second kappa shape index (κ2) is 2.99. The van der Waals surface area contributed by atoms with Crippen LogP contribution < -0.4 is 4.90 Å². The number of hydrogen-bond donors (Lipinski definition) is 1. The monoisotopic (exact) mass is 194 g/mol. The second-order valence-electron chi connectivity index (χ2n) is 2.82. The maximum absolute atomic E-state index is 11.0. The summed E-state index contributed by atoms with van der Waals surface area (Å²) in [7, 11) is 0. The van der Waals surface area contributed by atoms with E-state index in [4.69, 9.17) is 5.11 Å². The van der Waals surface area contributed by atoms with Gasteiger partial charge in [0.05, 0.1) is 6.42 Å². The number of carboxylic acids is 1. The molecule has 0 saturated heterocycles. The van der Waals surface area contributed by atoms with E-state index in [9.17, 15) is 10.0 Å². The van der Waals surface area contributed by atoms with Crippen LogP contribution in [0.4, 0.5) is 0 Å². The molecule has 1 aromatic carbocycles. The van der Waals surface area contributed by atoms with Crippen molar-refractivity contribution < 1.29 is 19.4 Å². The molecule has 0 atom stereocenters. The predicted octanol–water partition coefficient (Wildman–Crippen LogP) is 0.0883. The average molecular weight is 194 g/mol. The van der Waals surface area contributed by atoms with E-state index in [0.717, 1.165) is 0 Å². The molecule has 0 bridgehead atoms. The zero-order valence-electron chi connectivity index (χ0n) is 7.01. The minimum Gasteiger partial charge on any atom is -0.481 e. The van der Waals surface area contributed by atoms with Crippen LogP contribution in [0.15, 0.2) is 22.8 Å². The Morgan fingerprint density at radius 2 is 2.43 bits per heavy atom. The highest BCUT2D eigenvalue weighted by molar-refractivity contribution is 5.75. The third-order valence-electron chi connectivity index (χ3n) is 1.81. The molecule has 1 aromatic heterocycles. The van der Waals surface area contributed by atoms with Crippen LogP contribution in [0.1, 0.15) is 5.56 Å². The van der Waals surface area contributed by atoms with Crippen molar-refractivity contribution in [2.24, 2.45) is 0 Å². The summed E-state index contributed by atoms with van der Waals surface area (Å²) in [5.41, 5.74) is 1.19. The first-order chi connectivity index (χ1) is 6.66. The van der Waals surface area contributed by atoms with Gasteiger partial charge in [-0.1, -0.05) is 6.07 Å². The smallest absolute Gasteiger partial charge is 0.307 e. The molecule has 1 heterocycles. The Bertz CT molecular complexity index is 491. The number of benzene rings is 1. The fraction of sp³-hybridized carbons (Fsp3) is 0.125. The Hall–Kier alpha value is -2.11. The molecule has 1 N–H and O–H groups in total. The zero-order valence-corrected chi connectivity index (χ0v) is 7.01. The molecule has 0 aliphatic heterocycles. The van der Waals surface area contributed by atoms with E-state index in [2.05, 4.69) is 9.79 Å². The molecule has 6 heteroatoms. The van der Waals surface area contributed by atoms with E-state index in [-0.39, 0.29) is 16.8 Å². The van der Waals surface area contributed by atoms with Crippen molar-refractivity contribution in [1.82, 2.24) is 5.16 Å². The lowest BCUT2D eigenvalue weighted by atomic mass is 10.1. The number of aromatic nitrogens is 2. The molecular formula is C8H6N2O4. The maximum Gasteiger partial charge on any atom is 0.307 e. The molecule has 2 aromatic rings. The minimum atomic E-state index is -0.946. The second-order valence-corrected chi connectivity index (χ2v) is 2.82. The van der Waals surface area contributed by atoms with E-state index < -0.39 is 5.97 Å². The molecule has 0 aliphatic rings. The van der Waals surface area contributed by atoms with Crippen LogP contribution in [-0.4, -0.2) is 16.2 Å². The Morgan fingerprint density at radius 3 is 3.14 bits per heavy atom. The number of hydrogen-bond acceptors (Lipinski definition) is 4. The van der Waals surface area contributed by atoms with Crippen molar-refractivity contribution in [3.63, 3.8) is 0 Å². The zero-order chi connectivity index (χ0) is 10.1. The van der Waals surface area contributed by atoms with Gasteiger partial charge in [-0.25, -0.2) is 0 Å². The number of fused-ring (bicyclic) bond motifs is 1. The van der Waals surface area contributed by atoms with Crippen molar-refractivity contribution >= 4 is 17.0 Å². The van der Waals surface area contributed by atoms with Gasteiger partial charge in [0, 0.05) is 5.16 Å². The molecule has 0 amide bonds. The van der Waals surface area contributed by atoms with E-state index in [0.29, 0.717) is 11.1 Å². The summed E-state index contributed by atoms with van der Waals surface area (Å²) >= 11 is 0. The third kappa shape index (κ3) is 1.37. The summed E-state index contributed by atoms with van der Waals surface area (Å²) in [5, 5.41) is 23.0. The Labute approximate surface area is 77.9 Å². The maximum atomic E-state index is 11.0. The van der Waals surface area contributed by atoms with Gasteiger partial charge in [0.2, 0.25) is 11.0 Å². The molecule has 0 fully saturated rings. The summed E-state index contributed by atoms with van der Waals surface area (Å²) in [6.45, 7) is 0. The van der Waals surface area contributed by atoms with Crippen molar-refractivity contribution in [2.75, 3.05) is 0 Å². The van der Waals surface area contributed by atoms with Gasteiger partial charge in [-0.05, 0) is 22.6 Å². The van der Waals surface area contributed by atoms with Crippen LogP contribution in [-0.2, 0) is 11.2 Å². The molecule has 72 valence electrons. The van der Waals surface area contributed by atoms with Gasteiger partial charge >= 0.3 is 5.97 Å². The Balaban J connectivity index is 2.49. The van der Waals surface area contributed by atoms with Gasteiger partial charge in [-0.3, -0.25) is 9.42 Å². The standard InChI is InChI=1S/C8H6N2O4/c11-8(12)4-5-1-2-6-7(3-5)10(13)14-9-6/h1-3H,4H2,(H,11,12). The summed E-state index contributed by atoms with van der Waals surface area (Å²) in [4.78, 5) is 10.7. The number of rotatable bonds is 2. The topological polar surface area (TPSA) is 90.3 Å².